The monoisotopic (exact) mass is 371 g/mol. The zero-order chi connectivity index (χ0) is 19.4. The summed E-state index contributed by atoms with van der Waals surface area (Å²) in [5, 5.41) is 2.89. The Bertz CT molecular complexity index is 665. The SMILES string of the molecule is Cc1ccccc1C(=O)NCCC(=O)N1CCC[C@H](N2[C@H](C)CC[C@H]2C)C1. The van der Waals surface area contributed by atoms with E-state index in [9.17, 15) is 9.59 Å². The van der Waals surface area contributed by atoms with Gasteiger partial charge in [-0.1, -0.05) is 18.2 Å². The molecule has 2 amide bonds. The minimum atomic E-state index is -0.0999. The summed E-state index contributed by atoms with van der Waals surface area (Å²) in [4.78, 5) is 29.6. The van der Waals surface area contributed by atoms with E-state index in [4.69, 9.17) is 0 Å². The van der Waals surface area contributed by atoms with Crippen LogP contribution in [0.1, 0.15) is 61.9 Å². The molecule has 2 heterocycles. The van der Waals surface area contributed by atoms with Gasteiger partial charge in [-0.15, -0.1) is 0 Å². The van der Waals surface area contributed by atoms with Crippen molar-refractivity contribution in [2.24, 2.45) is 0 Å². The van der Waals surface area contributed by atoms with Gasteiger partial charge in [0.2, 0.25) is 5.91 Å². The number of piperidine rings is 1. The first kappa shape index (κ1) is 19.9. The van der Waals surface area contributed by atoms with Gasteiger partial charge in [0, 0.05) is 49.7 Å². The second kappa shape index (κ2) is 8.87. The molecule has 0 aliphatic carbocycles. The van der Waals surface area contributed by atoms with E-state index in [1.165, 1.54) is 19.3 Å². The smallest absolute Gasteiger partial charge is 0.251 e. The highest BCUT2D eigenvalue weighted by Gasteiger charge is 2.36. The molecular weight excluding hydrogens is 338 g/mol. The number of rotatable bonds is 5. The molecule has 148 valence electrons. The van der Waals surface area contributed by atoms with Crippen molar-refractivity contribution in [2.75, 3.05) is 19.6 Å². The fourth-order valence-corrected chi connectivity index (χ4v) is 4.72. The normalized spacial score (nSPS) is 26.2. The van der Waals surface area contributed by atoms with Crippen LogP contribution in [0, 0.1) is 6.92 Å². The quantitative estimate of drug-likeness (QED) is 0.866. The van der Waals surface area contributed by atoms with Crippen molar-refractivity contribution in [3.05, 3.63) is 35.4 Å². The second-order valence-corrected chi connectivity index (χ2v) is 8.18. The molecular formula is C22H33N3O2. The summed E-state index contributed by atoms with van der Waals surface area (Å²) in [5.74, 6) is 0.0569. The molecule has 1 N–H and O–H groups in total. The molecule has 0 radical (unpaired) electrons. The number of aryl methyl sites for hydroxylation is 1. The minimum Gasteiger partial charge on any atom is -0.352 e. The van der Waals surface area contributed by atoms with E-state index in [0.29, 0.717) is 36.7 Å². The summed E-state index contributed by atoms with van der Waals surface area (Å²) >= 11 is 0. The van der Waals surface area contributed by atoms with Gasteiger partial charge in [0.15, 0.2) is 0 Å². The van der Waals surface area contributed by atoms with Crippen molar-refractivity contribution in [2.45, 2.75) is 71.0 Å². The summed E-state index contributed by atoms with van der Waals surface area (Å²) in [6, 6.07) is 9.25. The summed E-state index contributed by atoms with van der Waals surface area (Å²) < 4.78 is 0. The third-order valence-corrected chi connectivity index (χ3v) is 6.21. The summed E-state index contributed by atoms with van der Waals surface area (Å²) in [6.45, 7) is 8.62. The number of hydrogen-bond donors (Lipinski definition) is 1. The standard InChI is InChI=1S/C22H33N3O2/c1-16-7-4-5-9-20(16)22(27)23-13-12-21(26)24-14-6-8-19(15-24)25-17(2)10-11-18(25)3/h4-5,7,9,17-19H,6,8,10-15H2,1-3H3,(H,23,27)/t17-,18-,19+/m1/s1. The Morgan fingerprint density at radius 3 is 2.52 bits per heavy atom. The first-order valence-electron chi connectivity index (χ1n) is 10.4. The lowest BCUT2D eigenvalue weighted by atomic mass is 10.0. The van der Waals surface area contributed by atoms with Gasteiger partial charge in [0.05, 0.1) is 0 Å². The summed E-state index contributed by atoms with van der Waals surface area (Å²) in [6.07, 6.45) is 5.15. The lowest BCUT2D eigenvalue weighted by molar-refractivity contribution is -0.133. The molecule has 1 aromatic carbocycles. The molecule has 0 aromatic heterocycles. The lowest BCUT2D eigenvalue weighted by Crippen LogP contribution is -2.52. The van der Waals surface area contributed by atoms with Crippen LogP contribution in [-0.4, -0.2) is 59.4 Å². The van der Waals surface area contributed by atoms with Crippen LogP contribution in [0.3, 0.4) is 0 Å². The third-order valence-electron chi connectivity index (χ3n) is 6.21. The number of hydrogen-bond acceptors (Lipinski definition) is 3. The Morgan fingerprint density at radius 1 is 1.11 bits per heavy atom. The molecule has 2 aliphatic rings. The van der Waals surface area contributed by atoms with Gasteiger partial charge in [-0.2, -0.15) is 0 Å². The molecule has 3 atom stereocenters. The highest BCUT2D eigenvalue weighted by Crippen LogP contribution is 2.29. The van der Waals surface area contributed by atoms with Crippen LogP contribution in [0.4, 0.5) is 0 Å². The molecule has 27 heavy (non-hydrogen) atoms. The maximum atomic E-state index is 12.7. The van der Waals surface area contributed by atoms with Crippen LogP contribution in [0.25, 0.3) is 0 Å². The summed E-state index contributed by atoms with van der Waals surface area (Å²) in [7, 11) is 0. The Balaban J connectivity index is 1.48. The van der Waals surface area contributed by atoms with Gasteiger partial charge >= 0.3 is 0 Å². The van der Waals surface area contributed by atoms with Crippen molar-refractivity contribution in [1.82, 2.24) is 15.1 Å². The molecule has 0 bridgehead atoms. The zero-order valence-electron chi connectivity index (χ0n) is 16.9. The first-order chi connectivity index (χ1) is 13.0. The molecule has 0 unspecified atom stereocenters. The third kappa shape index (κ3) is 4.70. The van der Waals surface area contributed by atoms with Crippen molar-refractivity contribution >= 4 is 11.8 Å². The second-order valence-electron chi connectivity index (χ2n) is 8.18. The number of nitrogens with one attached hydrogen (secondary N) is 1. The zero-order valence-corrected chi connectivity index (χ0v) is 16.9. The number of carbonyl (C=O) groups excluding carboxylic acids is 2. The van der Waals surface area contributed by atoms with Gasteiger partial charge in [-0.25, -0.2) is 0 Å². The molecule has 5 nitrogen and oxygen atoms in total. The van der Waals surface area contributed by atoms with Crippen molar-refractivity contribution < 1.29 is 9.59 Å². The maximum absolute atomic E-state index is 12.7. The van der Waals surface area contributed by atoms with Crippen LogP contribution in [0.2, 0.25) is 0 Å². The predicted octanol–water partition coefficient (Wildman–Crippen LogP) is 2.98. The molecule has 3 rings (SSSR count). The van der Waals surface area contributed by atoms with E-state index in [1.807, 2.05) is 36.1 Å². The topological polar surface area (TPSA) is 52.7 Å². The average molecular weight is 372 g/mol. The van der Waals surface area contributed by atoms with Crippen molar-refractivity contribution in [3.8, 4) is 0 Å². The van der Waals surface area contributed by atoms with Crippen LogP contribution in [-0.2, 0) is 4.79 Å². The summed E-state index contributed by atoms with van der Waals surface area (Å²) in [5.41, 5.74) is 1.63. The van der Waals surface area contributed by atoms with Gasteiger partial charge in [-0.3, -0.25) is 14.5 Å². The Morgan fingerprint density at radius 2 is 1.81 bits per heavy atom. The highest BCUT2D eigenvalue weighted by atomic mass is 16.2. The fourth-order valence-electron chi connectivity index (χ4n) is 4.72. The fraction of sp³-hybridized carbons (Fsp3) is 0.636. The Hall–Kier alpha value is -1.88. The van der Waals surface area contributed by atoms with Crippen LogP contribution in [0.15, 0.2) is 24.3 Å². The number of likely N-dealkylation sites (tertiary alicyclic amines) is 2. The van der Waals surface area contributed by atoms with E-state index in [1.54, 1.807) is 0 Å². The van der Waals surface area contributed by atoms with Gasteiger partial charge < -0.3 is 10.2 Å². The van der Waals surface area contributed by atoms with Crippen molar-refractivity contribution in [3.63, 3.8) is 0 Å². The molecule has 0 spiro atoms. The molecule has 2 saturated heterocycles. The largest absolute Gasteiger partial charge is 0.352 e. The number of benzene rings is 1. The highest BCUT2D eigenvalue weighted by molar-refractivity contribution is 5.95. The molecule has 1 aromatic rings. The van der Waals surface area contributed by atoms with E-state index in [2.05, 4.69) is 24.1 Å². The van der Waals surface area contributed by atoms with E-state index in [0.717, 1.165) is 25.1 Å². The van der Waals surface area contributed by atoms with Crippen molar-refractivity contribution in [1.29, 1.82) is 0 Å². The molecule has 5 heteroatoms. The maximum Gasteiger partial charge on any atom is 0.251 e. The number of carbonyl (C=O) groups is 2. The minimum absolute atomic E-state index is 0.0999. The van der Waals surface area contributed by atoms with E-state index >= 15 is 0 Å². The van der Waals surface area contributed by atoms with E-state index in [-0.39, 0.29) is 11.8 Å². The predicted molar refractivity (Wildman–Crippen MR) is 108 cm³/mol. The van der Waals surface area contributed by atoms with Crippen LogP contribution in [0.5, 0.6) is 0 Å². The van der Waals surface area contributed by atoms with Crippen LogP contribution < -0.4 is 5.32 Å². The van der Waals surface area contributed by atoms with Crippen LogP contribution >= 0.6 is 0 Å². The first-order valence-corrected chi connectivity index (χ1v) is 10.4. The average Bonchev–Trinajstić information content (AvgIpc) is 3.00. The Labute approximate surface area is 163 Å². The van der Waals surface area contributed by atoms with Gasteiger partial charge in [-0.05, 0) is 58.1 Å². The van der Waals surface area contributed by atoms with Gasteiger partial charge in [0.1, 0.15) is 0 Å². The molecule has 2 aliphatic heterocycles. The van der Waals surface area contributed by atoms with Gasteiger partial charge in [0.25, 0.3) is 5.91 Å². The number of amides is 2. The molecule has 0 saturated carbocycles. The number of nitrogens with zero attached hydrogens (tertiary/aromatic N) is 2. The molecule has 2 fully saturated rings. The lowest BCUT2D eigenvalue weighted by Gasteiger charge is -2.41. The van der Waals surface area contributed by atoms with E-state index < -0.39 is 0 Å². The Kier molecular flexibility index (Phi) is 6.53.